The van der Waals surface area contributed by atoms with Crippen LogP contribution in [0.1, 0.15) is 11.3 Å². The van der Waals surface area contributed by atoms with Crippen LogP contribution >= 0.6 is 0 Å². The second-order valence-electron chi connectivity index (χ2n) is 5.13. The number of methoxy groups -OCH3 is 1. The summed E-state index contributed by atoms with van der Waals surface area (Å²) in [6.45, 7) is 2.46. The number of hydrogen-bond donors (Lipinski definition) is 3. The molecular formula is C17H18N4O2. The number of phenolic OH excluding ortho intramolecular Hbond substituents is 1. The number of para-hydroxylation sites is 2. The van der Waals surface area contributed by atoms with Crippen LogP contribution in [0.2, 0.25) is 0 Å². The van der Waals surface area contributed by atoms with Gasteiger partial charge in [0.05, 0.1) is 23.8 Å². The molecular weight excluding hydrogens is 292 g/mol. The molecule has 3 rings (SSSR count). The molecule has 6 nitrogen and oxygen atoms in total. The van der Waals surface area contributed by atoms with Gasteiger partial charge in [0.25, 0.3) is 0 Å². The maximum atomic E-state index is 9.60. The van der Waals surface area contributed by atoms with Gasteiger partial charge in [-0.3, -0.25) is 0 Å². The fraction of sp³-hybridized carbons (Fsp3) is 0.176. The standard InChI is InChI=1S/C17H18N4O2/c1-11-17(20-14-6-4-3-5-13(14)19-11)21-18-10-12-7-8-15(22)16(9-12)23-2/h3-9,18,22H,10H2,1-2H3,(H,20,21). The van der Waals surface area contributed by atoms with Gasteiger partial charge in [0.15, 0.2) is 17.3 Å². The van der Waals surface area contributed by atoms with E-state index in [0.29, 0.717) is 18.1 Å². The number of phenols is 1. The number of aryl methyl sites for hydroxylation is 1. The van der Waals surface area contributed by atoms with Crippen molar-refractivity contribution in [3.05, 3.63) is 53.7 Å². The Morgan fingerprint density at radius 3 is 2.57 bits per heavy atom. The highest BCUT2D eigenvalue weighted by Gasteiger charge is 2.05. The molecule has 1 aromatic heterocycles. The molecule has 0 spiro atoms. The molecule has 3 N–H and O–H groups in total. The molecule has 0 radical (unpaired) electrons. The lowest BCUT2D eigenvalue weighted by molar-refractivity contribution is 0.373. The van der Waals surface area contributed by atoms with Crippen LogP contribution < -0.4 is 15.6 Å². The summed E-state index contributed by atoms with van der Waals surface area (Å²) in [6, 6.07) is 13.0. The van der Waals surface area contributed by atoms with E-state index in [9.17, 15) is 5.11 Å². The van der Waals surface area contributed by atoms with Crippen LogP contribution in [-0.4, -0.2) is 22.2 Å². The molecule has 0 saturated carbocycles. The zero-order chi connectivity index (χ0) is 16.2. The molecule has 23 heavy (non-hydrogen) atoms. The predicted octanol–water partition coefficient (Wildman–Crippen LogP) is 2.77. The number of rotatable bonds is 5. The van der Waals surface area contributed by atoms with Gasteiger partial charge in [-0.25, -0.2) is 15.4 Å². The first kappa shape index (κ1) is 15.1. The minimum absolute atomic E-state index is 0.125. The Kier molecular flexibility index (Phi) is 4.25. The van der Waals surface area contributed by atoms with E-state index in [2.05, 4.69) is 20.8 Å². The van der Waals surface area contributed by atoms with Gasteiger partial charge in [-0.15, -0.1) is 0 Å². The topological polar surface area (TPSA) is 79.3 Å². The zero-order valence-electron chi connectivity index (χ0n) is 13.0. The van der Waals surface area contributed by atoms with Gasteiger partial charge in [0, 0.05) is 6.54 Å². The van der Waals surface area contributed by atoms with Gasteiger partial charge >= 0.3 is 0 Å². The van der Waals surface area contributed by atoms with E-state index in [1.165, 1.54) is 7.11 Å². The molecule has 0 saturated heterocycles. The van der Waals surface area contributed by atoms with Crippen LogP contribution in [0.5, 0.6) is 11.5 Å². The molecule has 118 valence electrons. The third-order valence-electron chi connectivity index (χ3n) is 3.49. The van der Waals surface area contributed by atoms with Crippen LogP contribution in [-0.2, 0) is 6.54 Å². The van der Waals surface area contributed by atoms with Gasteiger partial charge < -0.3 is 15.3 Å². The smallest absolute Gasteiger partial charge is 0.162 e. The summed E-state index contributed by atoms with van der Waals surface area (Å²) >= 11 is 0. The Bertz CT molecular complexity index is 836. The minimum atomic E-state index is 0.125. The van der Waals surface area contributed by atoms with Gasteiger partial charge in [-0.05, 0) is 36.8 Å². The third-order valence-corrected chi connectivity index (χ3v) is 3.49. The first-order valence-corrected chi connectivity index (χ1v) is 7.25. The average molecular weight is 310 g/mol. The first-order valence-electron chi connectivity index (χ1n) is 7.25. The Balaban J connectivity index is 1.70. The molecule has 0 unspecified atom stereocenters. The van der Waals surface area contributed by atoms with E-state index in [0.717, 1.165) is 22.3 Å². The highest BCUT2D eigenvalue weighted by molar-refractivity contribution is 5.76. The number of hydrogen-bond acceptors (Lipinski definition) is 6. The number of nitrogens with zero attached hydrogens (tertiary/aromatic N) is 2. The number of benzene rings is 2. The lowest BCUT2D eigenvalue weighted by Gasteiger charge is -2.11. The molecule has 0 aliphatic carbocycles. The van der Waals surface area contributed by atoms with Crippen molar-refractivity contribution in [3.8, 4) is 11.5 Å². The quantitative estimate of drug-likeness (QED) is 0.629. The number of fused-ring (bicyclic) bond motifs is 1. The maximum absolute atomic E-state index is 9.60. The molecule has 0 fully saturated rings. The number of aromatic nitrogens is 2. The van der Waals surface area contributed by atoms with E-state index in [-0.39, 0.29) is 5.75 Å². The number of hydrazine groups is 1. The normalized spacial score (nSPS) is 10.7. The predicted molar refractivity (Wildman–Crippen MR) is 89.4 cm³/mol. The van der Waals surface area contributed by atoms with Crippen molar-refractivity contribution in [3.63, 3.8) is 0 Å². The highest BCUT2D eigenvalue weighted by atomic mass is 16.5. The summed E-state index contributed by atoms with van der Waals surface area (Å²) in [4.78, 5) is 9.08. The Hall–Kier alpha value is -2.86. The van der Waals surface area contributed by atoms with Crippen molar-refractivity contribution in [1.29, 1.82) is 0 Å². The van der Waals surface area contributed by atoms with E-state index >= 15 is 0 Å². The van der Waals surface area contributed by atoms with Gasteiger partial charge in [0.2, 0.25) is 0 Å². The largest absolute Gasteiger partial charge is 0.504 e. The monoisotopic (exact) mass is 310 g/mol. The third kappa shape index (κ3) is 3.32. The summed E-state index contributed by atoms with van der Waals surface area (Å²) in [5.41, 5.74) is 9.69. The summed E-state index contributed by atoms with van der Waals surface area (Å²) in [7, 11) is 1.53. The molecule has 2 aromatic carbocycles. The summed E-state index contributed by atoms with van der Waals surface area (Å²) in [5.74, 6) is 1.26. The van der Waals surface area contributed by atoms with Crippen LogP contribution in [0.25, 0.3) is 11.0 Å². The molecule has 0 amide bonds. The van der Waals surface area contributed by atoms with Crippen LogP contribution in [0.4, 0.5) is 5.82 Å². The maximum Gasteiger partial charge on any atom is 0.162 e. The number of ether oxygens (including phenoxy) is 1. The summed E-state index contributed by atoms with van der Waals surface area (Å²) < 4.78 is 5.10. The van der Waals surface area contributed by atoms with Crippen molar-refractivity contribution in [2.75, 3.05) is 12.5 Å². The van der Waals surface area contributed by atoms with Crippen molar-refractivity contribution in [2.45, 2.75) is 13.5 Å². The van der Waals surface area contributed by atoms with Gasteiger partial charge in [0.1, 0.15) is 0 Å². The van der Waals surface area contributed by atoms with Crippen molar-refractivity contribution >= 4 is 16.9 Å². The molecule has 0 aliphatic rings. The fourth-order valence-corrected chi connectivity index (χ4v) is 2.27. The van der Waals surface area contributed by atoms with Gasteiger partial charge in [-0.2, -0.15) is 0 Å². The molecule has 1 heterocycles. The fourth-order valence-electron chi connectivity index (χ4n) is 2.27. The van der Waals surface area contributed by atoms with E-state index in [1.807, 2.05) is 37.3 Å². The van der Waals surface area contributed by atoms with Crippen LogP contribution in [0.3, 0.4) is 0 Å². The number of nitrogens with one attached hydrogen (secondary N) is 2. The van der Waals surface area contributed by atoms with Crippen molar-refractivity contribution in [2.24, 2.45) is 0 Å². The lowest BCUT2D eigenvalue weighted by atomic mass is 10.2. The minimum Gasteiger partial charge on any atom is -0.504 e. The van der Waals surface area contributed by atoms with Crippen LogP contribution in [0.15, 0.2) is 42.5 Å². The zero-order valence-corrected chi connectivity index (χ0v) is 13.0. The second-order valence-corrected chi connectivity index (χ2v) is 5.13. The number of anilines is 1. The van der Waals surface area contributed by atoms with Crippen molar-refractivity contribution in [1.82, 2.24) is 15.4 Å². The van der Waals surface area contributed by atoms with Crippen molar-refractivity contribution < 1.29 is 9.84 Å². The first-order chi connectivity index (χ1) is 11.2. The van der Waals surface area contributed by atoms with Crippen LogP contribution in [0, 0.1) is 6.92 Å². The molecule has 0 aliphatic heterocycles. The van der Waals surface area contributed by atoms with E-state index < -0.39 is 0 Å². The summed E-state index contributed by atoms with van der Waals surface area (Å²) in [5, 5.41) is 9.60. The summed E-state index contributed by atoms with van der Waals surface area (Å²) in [6.07, 6.45) is 0. The Morgan fingerprint density at radius 1 is 1.09 bits per heavy atom. The average Bonchev–Trinajstić information content (AvgIpc) is 2.56. The Morgan fingerprint density at radius 2 is 1.83 bits per heavy atom. The second kappa shape index (κ2) is 6.50. The molecule has 0 bridgehead atoms. The Labute approximate surface area is 134 Å². The SMILES string of the molecule is COc1cc(CNNc2nc3ccccc3nc2C)ccc1O. The highest BCUT2D eigenvalue weighted by Crippen LogP contribution is 2.26. The lowest BCUT2D eigenvalue weighted by Crippen LogP contribution is -2.22. The van der Waals surface area contributed by atoms with Gasteiger partial charge in [-0.1, -0.05) is 18.2 Å². The molecule has 6 heteroatoms. The van der Waals surface area contributed by atoms with E-state index in [1.54, 1.807) is 12.1 Å². The molecule has 3 aromatic rings. The molecule has 0 atom stereocenters. The number of aromatic hydroxyl groups is 1. The van der Waals surface area contributed by atoms with E-state index in [4.69, 9.17) is 4.74 Å².